The van der Waals surface area contributed by atoms with Crippen LogP contribution in [-0.4, -0.2) is 28.6 Å². The fraction of sp³-hybridized carbons (Fsp3) is 0.190. The number of nitrogens with one attached hydrogen (secondary N) is 1. The molecule has 0 unspecified atom stereocenters. The number of ether oxygens (including phenoxy) is 1. The van der Waals surface area contributed by atoms with E-state index in [-0.39, 0.29) is 22.2 Å². The van der Waals surface area contributed by atoms with Gasteiger partial charge < -0.3 is 9.84 Å². The van der Waals surface area contributed by atoms with Gasteiger partial charge in [0, 0.05) is 4.47 Å². The number of rotatable bonds is 4. The maximum absolute atomic E-state index is 13.3. The fourth-order valence-corrected chi connectivity index (χ4v) is 4.11. The van der Waals surface area contributed by atoms with E-state index in [0.717, 1.165) is 11.1 Å². The summed E-state index contributed by atoms with van der Waals surface area (Å²) in [6.45, 7) is 5.95. The van der Waals surface area contributed by atoms with E-state index in [9.17, 15) is 14.7 Å². The SMILES string of the molecule is CCOc1cc(/C=C2\C(=O)NC(=S)N(c3cccc(C)c3C)C2=O)c(Br)c(Br)c1O. The number of phenols is 1. The number of halogens is 2. The van der Waals surface area contributed by atoms with E-state index < -0.39 is 11.8 Å². The molecule has 6 nitrogen and oxygen atoms in total. The molecule has 3 rings (SSSR count). The van der Waals surface area contributed by atoms with Gasteiger partial charge in [-0.25, -0.2) is 0 Å². The molecule has 2 N–H and O–H groups in total. The van der Waals surface area contributed by atoms with Crippen LogP contribution in [0.15, 0.2) is 38.8 Å². The van der Waals surface area contributed by atoms with Gasteiger partial charge in [-0.15, -0.1) is 0 Å². The monoisotopic (exact) mass is 552 g/mol. The Kier molecular flexibility index (Phi) is 6.64. The molecule has 9 heteroatoms. The molecule has 1 aliphatic heterocycles. The number of aromatic hydroxyl groups is 1. The van der Waals surface area contributed by atoms with Gasteiger partial charge in [0.05, 0.1) is 16.8 Å². The second kappa shape index (κ2) is 8.87. The predicted octanol–water partition coefficient (Wildman–Crippen LogP) is 4.76. The molecule has 156 valence electrons. The number of nitrogens with zero attached hydrogens (tertiary/aromatic N) is 1. The molecule has 0 radical (unpaired) electrons. The van der Waals surface area contributed by atoms with Gasteiger partial charge in [0.1, 0.15) is 5.57 Å². The van der Waals surface area contributed by atoms with Crippen LogP contribution >= 0.6 is 44.1 Å². The van der Waals surface area contributed by atoms with Crippen molar-refractivity contribution in [2.45, 2.75) is 20.8 Å². The molecule has 1 aliphatic rings. The molecule has 0 atom stereocenters. The Bertz CT molecular complexity index is 1110. The van der Waals surface area contributed by atoms with Crippen LogP contribution in [0.25, 0.3) is 6.08 Å². The Morgan fingerprint density at radius 3 is 2.60 bits per heavy atom. The normalized spacial score (nSPS) is 15.6. The Morgan fingerprint density at radius 1 is 1.23 bits per heavy atom. The standard InChI is InChI=1S/C21H18Br2N2O4S/c1-4-29-15-9-12(16(22)17(23)18(15)26)8-13-19(27)24-21(30)25(20(13)28)14-7-5-6-10(2)11(14)3/h5-9,26H,4H2,1-3H3,(H,24,27,30)/b13-8+. The van der Waals surface area contributed by atoms with Crippen LogP contribution in [0.1, 0.15) is 23.6 Å². The topological polar surface area (TPSA) is 78.9 Å². The smallest absolute Gasteiger partial charge is 0.270 e. The molecule has 2 amide bonds. The number of phenolic OH excluding ortho intramolecular Hbond substituents is 1. The lowest BCUT2D eigenvalue weighted by Gasteiger charge is -2.30. The Balaban J connectivity index is 2.13. The van der Waals surface area contributed by atoms with Crippen LogP contribution in [0.5, 0.6) is 11.5 Å². The average Bonchev–Trinajstić information content (AvgIpc) is 2.69. The van der Waals surface area contributed by atoms with E-state index >= 15 is 0 Å². The third-order valence-corrected chi connectivity index (χ3v) is 7.14. The van der Waals surface area contributed by atoms with Crippen LogP contribution in [0, 0.1) is 13.8 Å². The van der Waals surface area contributed by atoms with Crippen molar-refractivity contribution in [3.63, 3.8) is 0 Å². The van der Waals surface area contributed by atoms with Gasteiger partial charge in [-0.1, -0.05) is 12.1 Å². The molecule has 0 saturated carbocycles. The molecule has 0 spiro atoms. The second-order valence-electron chi connectivity index (χ2n) is 6.55. The van der Waals surface area contributed by atoms with Crippen molar-refractivity contribution < 1.29 is 19.4 Å². The summed E-state index contributed by atoms with van der Waals surface area (Å²) in [7, 11) is 0. The Labute approximate surface area is 196 Å². The molecule has 1 fully saturated rings. The van der Waals surface area contributed by atoms with Crippen LogP contribution in [0.4, 0.5) is 5.69 Å². The zero-order valence-corrected chi connectivity index (χ0v) is 20.4. The summed E-state index contributed by atoms with van der Waals surface area (Å²) in [6, 6.07) is 7.10. The number of aryl methyl sites for hydroxylation is 1. The number of hydrogen-bond acceptors (Lipinski definition) is 5. The summed E-state index contributed by atoms with van der Waals surface area (Å²) in [5, 5.41) is 12.8. The number of carbonyl (C=O) groups excluding carboxylic acids is 2. The van der Waals surface area contributed by atoms with Crippen molar-refractivity contribution in [1.82, 2.24) is 5.32 Å². The van der Waals surface area contributed by atoms with E-state index in [0.29, 0.717) is 26.8 Å². The Morgan fingerprint density at radius 2 is 1.93 bits per heavy atom. The highest BCUT2D eigenvalue weighted by atomic mass is 79.9. The van der Waals surface area contributed by atoms with Crippen molar-refractivity contribution in [1.29, 1.82) is 0 Å². The molecule has 0 bridgehead atoms. The van der Waals surface area contributed by atoms with Gasteiger partial charge in [-0.05, 0) is 99.7 Å². The zero-order chi connectivity index (χ0) is 22.2. The molecule has 1 saturated heterocycles. The lowest BCUT2D eigenvalue weighted by Crippen LogP contribution is -2.54. The molecule has 1 heterocycles. The first-order valence-electron chi connectivity index (χ1n) is 8.98. The van der Waals surface area contributed by atoms with Gasteiger partial charge in [0.2, 0.25) is 0 Å². The first-order chi connectivity index (χ1) is 14.2. The number of hydrogen-bond donors (Lipinski definition) is 2. The van der Waals surface area contributed by atoms with Crippen molar-refractivity contribution in [2.24, 2.45) is 0 Å². The third-order valence-electron chi connectivity index (χ3n) is 4.69. The maximum atomic E-state index is 13.3. The number of carbonyl (C=O) groups is 2. The third kappa shape index (κ3) is 4.01. The first-order valence-corrected chi connectivity index (χ1v) is 11.0. The molecule has 30 heavy (non-hydrogen) atoms. The first kappa shape index (κ1) is 22.5. The molecular formula is C21H18Br2N2O4S. The maximum Gasteiger partial charge on any atom is 0.270 e. The largest absolute Gasteiger partial charge is 0.503 e. The highest BCUT2D eigenvalue weighted by molar-refractivity contribution is 9.13. The number of anilines is 1. The molecule has 0 aliphatic carbocycles. The number of amides is 2. The van der Waals surface area contributed by atoms with E-state index in [1.807, 2.05) is 26.0 Å². The van der Waals surface area contributed by atoms with Gasteiger partial charge in [-0.2, -0.15) is 0 Å². The minimum absolute atomic E-state index is 0.0248. The van der Waals surface area contributed by atoms with Crippen molar-refractivity contribution in [2.75, 3.05) is 11.5 Å². The minimum atomic E-state index is -0.597. The van der Waals surface area contributed by atoms with Crippen LogP contribution in [-0.2, 0) is 9.59 Å². The highest BCUT2D eigenvalue weighted by Gasteiger charge is 2.35. The lowest BCUT2D eigenvalue weighted by atomic mass is 10.0. The summed E-state index contributed by atoms with van der Waals surface area (Å²) in [6.07, 6.45) is 1.44. The number of thiocarbonyl (C=S) groups is 1. The molecular weight excluding hydrogens is 536 g/mol. The molecule has 2 aromatic carbocycles. The van der Waals surface area contributed by atoms with Crippen molar-refractivity contribution >= 4 is 72.8 Å². The quantitative estimate of drug-likeness (QED) is 0.324. The van der Waals surface area contributed by atoms with Crippen LogP contribution < -0.4 is 15.0 Å². The van der Waals surface area contributed by atoms with Gasteiger partial charge in [-0.3, -0.25) is 19.8 Å². The second-order valence-corrected chi connectivity index (χ2v) is 8.52. The molecule has 2 aromatic rings. The predicted molar refractivity (Wildman–Crippen MR) is 127 cm³/mol. The van der Waals surface area contributed by atoms with Crippen LogP contribution in [0.3, 0.4) is 0 Å². The minimum Gasteiger partial charge on any atom is -0.503 e. The lowest BCUT2D eigenvalue weighted by molar-refractivity contribution is -0.122. The summed E-state index contributed by atoms with van der Waals surface area (Å²) in [5.74, 6) is -0.986. The van der Waals surface area contributed by atoms with E-state index in [1.54, 1.807) is 19.1 Å². The summed E-state index contributed by atoms with van der Waals surface area (Å²) >= 11 is 12.0. The van der Waals surface area contributed by atoms with E-state index in [2.05, 4.69) is 37.2 Å². The average molecular weight is 554 g/mol. The summed E-state index contributed by atoms with van der Waals surface area (Å²) in [4.78, 5) is 27.2. The number of benzene rings is 2. The fourth-order valence-electron chi connectivity index (χ4n) is 2.99. The van der Waals surface area contributed by atoms with Crippen LogP contribution in [0.2, 0.25) is 0 Å². The summed E-state index contributed by atoms with van der Waals surface area (Å²) in [5.41, 5.74) is 2.88. The van der Waals surface area contributed by atoms with Crippen molar-refractivity contribution in [3.05, 3.63) is 55.5 Å². The zero-order valence-electron chi connectivity index (χ0n) is 16.4. The Hall–Kier alpha value is -2.23. The van der Waals surface area contributed by atoms with E-state index in [1.165, 1.54) is 11.0 Å². The van der Waals surface area contributed by atoms with E-state index in [4.69, 9.17) is 17.0 Å². The van der Waals surface area contributed by atoms with Crippen molar-refractivity contribution in [3.8, 4) is 11.5 Å². The summed E-state index contributed by atoms with van der Waals surface area (Å²) < 4.78 is 6.27. The van der Waals surface area contributed by atoms with Gasteiger partial charge >= 0.3 is 0 Å². The van der Waals surface area contributed by atoms with Gasteiger partial charge in [0.25, 0.3) is 11.8 Å². The highest BCUT2D eigenvalue weighted by Crippen LogP contribution is 2.42. The molecule has 0 aromatic heterocycles. The van der Waals surface area contributed by atoms with Gasteiger partial charge in [0.15, 0.2) is 16.6 Å².